The van der Waals surface area contributed by atoms with Gasteiger partial charge in [-0.25, -0.2) is 8.42 Å². The molecule has 0 saturated carbocycles. The number of hydrogen-bond acceptors (Lipinski definition) is 7. The summed E-state index contributed by atoms with van der Waals surface area (Å²) in [7, 11) is -4.97. The molecule has 0 aromatic rings. The molecule has 0 N–H and O–H groups in total. The van der Waals surface area contributed by atoms with Gasteiger partial charge in [0.25, 0.3) is 0 Å². The van der Waals surface area contributed by atoms with Gasteiger partial charge in [-0.15, -0.1) is 0 Å². The normalized spacial score (nSPS) is 12.8. The average molecular weight is 304 g/mol. The summed E-state index contributed by atoms with van der Waals surface area (Å²) in [6.45, 7) is 6.12. The molecule has 0 fully saturated rings. The Morgan fingerprint density at radius 3 is 1.79 bits per heavy atom. The van der Waals surface area contributed by atoms with Crippen molar-refractivity contribution in [1.82, 2.24) is 0 Å². The van der Waals surface area contributed by atoms with Crippen LogP contribution >= 0.6 is 0 Å². The molecule has 0 saturated heterocycles. The Labute approximate surface area is 135 Å². The smallest absolute Gasteiger partial charge is 0.747 e. The van der Waals surface area contributed by atoms with E-state index in [1.165, 1.54) is 13.8 Å². The molecule has 9 heteroatoms. The molecule has 106 valence electrons. The number of esters is 2. The molecular weight excluding hydrogens is 287 g/mol. The van der Waals surface area contributed by atoms with E-state index in [9.17, 15) is 22.6 Å². The molecule has 0 aromatic carbocycles. The molecule has 0 aliphatic heterocycles. The van der Waals surface area contributed by atoms with Crippen LogP contribution in [0.3, 0.4) is 0 Å². The Hall–Kier alpha value is -0.150. The molecule has 0 aromatic heterocycles. The molecule has 0 aliphatic rings. The maximum Gasteiger partial charge on any atom is 1.00 e. The number of ether oxygens (including phenoxy) is 2. The van der Waals surface area contributed by atoms with E-state index >= 15 is 0 Å². The molecule has 0 radical (unpaired) electrons. The molecule has 0 heterocycles. The van der Waals surface area contributed by atoms with E-state index in [2.05, 4.69) is 9.47 Å². The Bertz CT molecular complexity index is 402. The first kappa shape index (κ1) is 21.2. The molecule has 0 aliphatic carbocycles. The van der Waals surface area contributed by atoms with Crippen LogP contribution in [0.15, 0.2) is 0 Å². The third-order valence-electron chi connectivity index (χ3n) is 1.68. The zero-order chi connectivity index (χ0) is 14.5. The van der Waals surface area contributed by atoms with Crippen LogP contribution in [0.1, 0.15) is 34.1 Å². The Kier molecular flexibility index (Phi) is 9.92. The maximum absolute atomic E-state index is 11.4. The Balaban J connectivity index is 0. The molecule has 0 rings (SSSR count). The van der Waals surface area contributed by atoms with Crippen LogP contribution in [0.2, 0.25) is 0 Å². The van der Waals surface area contributed by atoms with Gasteiger partial charge in [-0.3, -0.25) is 9.59 Å². The van der Waals surface area contributed by atoms with Gasteiger partial charge in [0.05, 0.1) is 18.6 Å². The van der Waals surface area contributed by atoms with Crippen molar-refractivity contribution >= 4 is 22.1 Å². The summed E-state index contributed by atoms with van der Waals surface area (Å²) in [5.41, 5.74) is 0. The van der Waals surface area contributed by atoms with Crippen LogP contribution in [0, 0.1) is 0 Å². The molecule has 0 bridgehead atoms. The van der Waals surface area contributed by atoms with Crippen molar-refractivity contribution in [1.29, 1.82) is 0 Å². The third-order valence-corrected chi connectivity index (χ3v) is 2.74. The summed E-state index contributed by atoms with van der Waals surface area (Å²) in [5, 5.41) is -2.06. The fraction of sp³-hybridized carbons (Fsp3) is 0.800. The van der Waals surface area contributed by atoms with Crippen molar-refractivity contribution in [2.24, 2.45) is 0 Å². The largest absolute Gasteiger partial charge is 1.00 e. The van der Waals surface area contributed by atoms with Crippen LogP contribution < -0.4 is 29.6 Å². The second-order valence-corrected chi connectivity index (χ2v) is 5.76. The summed E-state index contributed by atoms with van der Waals surface area (Å²) in [4.78, 5) is 22.7. The minimum atomic E-state index is -4.97. The van der Waals surface area contributed by atoms with Crippen molar-refractivity contribution in [3.63, 3.8) is 0 Å². The minimum absolute atomic E-state index is 0. The summed E-state index contributed by atoms with van der Waals surface area (Å²) < 4.78 is 42.0. The standard InChI is InChI=1S/C10H18O7S.Na/c1-6(2)16-9(11)5-8(18(13,14)15)10(12)17-7(3)4;/h6-8H,5H2,1-4H3,(H,13,14,15);/q;+1/p-1. The predicted octanol–water partition coefficient (Wildman–Crippen LogP) is -2.80. The van der Waals surface area contributed by atoms with Crippen molar-refractivity contribution in [3.8, 4) is 0 Å². The molecule has 1 unspecified atom stereocenters. The fourth-order valence-electron chi connectivity index (χ4n) is 1.07. The van der Waals surface area contributed by atoms with Crippen molar-refractivity contribution in [3.05, 3.63) is 0 Å². The van der Waals surface area contributed by atoms with E-state index in [1.807, 2.05) is 0 Å². The van der Waals surface area contributed by atoms with Crippen LogP contribution in [0.25, 0.3) is 0 Å². The molecular formula is C10H17NaO7S. The Morgan fingerprint density at radius 1 is 1.05 bits per heavy atom. The Morgan fingerprint density at radius 2 is 1.47 bits per heavy atom. The maximum atomic E-state index is 11.4. The van der Waals surface area contributed by atoms with Gasteiger partial charge in [-0.1, -0.05) is 0 Å². The molecule has 19 heavy (non-hydrogen) atoms. The van der Waals surface area contributed by atoms with Gasteiger partial charge in [-0.2, -0.15) is 0 Å². The van der Waals surface area contributed by atoms with Crippen LogP contribution in [-0.2, 0) is 29.2 Å². The first-order valence-corrected chi connectivity index (χ1v) is 6.85. The van der Waals surface area contributed by atoms with E-state index in [4.69, 9.17) is 0 Å². The third kappa shape index (κ3) is 9.39. The van der Waals surface area contributed by atoms with Gasteiger partial charge in [0.1, 0.15) is 10.1 Å². The molecule has 0 spiro atoms. The first-order valence-electron chi connectivity index (χ1n) is 5.38. The molecule has 0 amide bonds. The van der Waals surface area contributed by atoms with Crippen LogP contribution in [-0.4, -0.2) is 42.4 Å². The van der Waals surface area contributed by atoms with Gasteiger partial charge in [0.15, 0.2) is 5.25 Å². The minimum Gasteiger partial charge on any atom is -0.747 e. The van der Waals surface area contributed by atoms with Gasteiger partial charge in [0.2, 0.25) is 0 Å². The van der Waals surface area contributed by atoms with Crippen molar-refractivity contribution in [2.45, 2.75) is 51.6 Å². The SMILES string of the molecule is CC(C)OC(=O)CC(C(=O)OC(C)C)S(=O)(=O)[O-].[Na+]. The van der Waals surface area contributed by atoms with Gasteiger partial charge in [0, 0.05) is 0 Å². The number of hydrogen-bond donors (Lipinski definition) is 0. The zero-order valence-electron chi connectivity index (χ0n) is 11.7. The first-order chi connectivity index (χ1) is 8.04. The average Bonchev–Trinajstić information content (AvgIpc) is 2.09. The number of rotatable bonds is 6. The molecule has 1 atom stereocenters. The van der Waals surface area contributed by atoms with Gasteiger partial charge >= 0.3 is 41.5 Å². The second kappa shape index (κ2) is 8.91. The molecule has 7 nitrogen and oxygen atoms in total. The van der Waals surface area contributed by atoms with Gasteiger partial charge < -0.3 is 14.0 Å². The van der Waals surface area contributed by atoms with Crippen LogP contribution in [0.5, 0.6) is 0 Å². The topological polar surface area (TPSA) is 110 Å². The number of carbonyl (C=O) groups excluding carboxylic acids is 2. The zero-order valence-corrected chi connectivity index (χ0v) is 14.5. The van der Waals surface area contributed by atoms with E-state index in [1.54, 1.807) is 13.8 Å². The van der Waals surface area contributed by atoms with Gasteiger partial charge in [-0.05, 0) is 27.7 Å². The quantitative estimate of drug-likeness (QED) is 0.296. The summed E-state index contributed by atoms with van der Waals surface area (Å²) in [5.74, 6) is -2.17. The fourth-order valence-corrected chi connectivity index (χ4v) is 1.71. The van der Waals surface area contributed by atoms with E-state index < -0.39 is 45.9 Å². The predicted molar refractivity (Wildman–Crippen MR) is 60.6 cm³/mol. The monoisotopic (exact) mass is 304 g/mol. The van der Waals surface area contributed by atoms with Crippen LogP contribution in [0.4, 0.5) is 0 Å². The van der Waals surface area contributed by atoms with Crippen molar-refractivity contribution < 1.29 is 61.6 Å². The van der Waals surface area contributed by atoms with Crippen molar-refractivity contribution in [2.75, 3.05) is 0 Å². The second-order valence-electron chi connectivity index (χ2n) is 4.21. The van der Waals surface area contributed by atoms with E-state index in [-0.39, 0.29) is 29.6 Å². The summed E-state index contributed by atoms with van der Waals surface area (Å²) >= 11 is 0. The van der Waals surface area contributed by atoms with E-state index in [0.29, 0.717) is 0 Å². The van der Waals surface area contributed by atoms with E-state index in [0.717, 1.165) is 0 Å². The number of carbonyl (C=O) groups is 2. The summed E-state index contributed by atoms with van der Waals surface area (Å²) in [6.07, 6.45) is -1.88. The summed E-state index contributed by atoms with van der Waals surface area (Å²) in [6, 6.07) is 0.